The number of aromatic nitrogens is 1. The summed E-state index contributed by atoms with van der Waals surface area (Å²) in [4.78, 5) is 69.1. The second-order valence-electron chi connectivity index (χ2n) is 11.5. The molecule has 2 aromatic rings. The average molecular weight is 520 g/mol. The Hall–Kier alpha value is -3.69. The van der Waals surface area contributed by atoms with Gasteiger partial charge in [-0.1, -0.05) is 18.2 Å². The van der Waals surface area contributed by atoms with Crippen LogP contribution < -0.4 is 16.4 Å². The Morgan fingerprint density at radius 3 is 2.61 bits per heavy atom. The minimum Gasteiger partial charge on any atom is -0.368 e. The summed E-state index contributed by atoms with van der Waals surface area (Å²) >= 11 is 0. The fourth-order valence-corrected chi connectivity index (χ4v) is 6.69. The van der Waals surface area contributed by atoms with E-state index in [1.807, 2.05) is 24.3 Å². The molecule has 10 nitrogen and oxygen atoms in total. The van der Waals surface area contributed by atoms with E-state index in [0.29, 0.717) is 50.9 Å². The number of piperidine rings is 1. The number of carbonyl (C=O) groups excluding carboxylic acids is 5. The van der Waals surface area contributed by atoms with Gasteiger partial charge in [0.05, 0.1) is 0 Å². The summed E-state index contributed by atoms with van der Waals surface area (Å²) in [6.07, 6.45) is 4.36. The summed E-state index contributed by atoms with van der Waals surface area (Å²) < 4.78 is 0. The van der Waals surface area contributed by atoms with E-state index in [1.165, 1.54) is 4.90 Å². The molecule has 5 N–H and O–H groups in total. The number of ketones is 1. The normalized spacial score (nSPS) is 29.2. The molecule has 3 heterocycles. The van der Waals surface area contributed by atoms with Crippen molar-refractivity contribution >= 4 is 40.3 Å². The van der Waals surface area contributed by atoms with Gasteiger partial charge < -0.3 is 26.3 Å². The number of hydrogen-bond acceptors (Lipinski definition) is 5. The number of fused-ring (bicyclic) bond motifs is 1. The molecule has 2 aliphatic carbocycles. The van der Waals surface area contributed by atoms with E-state index < -0.39 is 29.6 Å². The van der Waals surface area contributed by atoms with Crippen LogP contribution >= 0.6 is 0 Å². The van der Waals surface area contributed by atoms with Crippen molar-refractivity contribution < 1.29 is 24.0 Å². The smallest absolute Gasteiger partial charge is 0.287 e. The number of benzene rings is 1. The summed E-state index contributed by atoms with van der Waals surface area (Å²) in [6, 6.07) is 8.61. The fraction of sp³-hybridized carbons (Fsp3) is 0.536. The standard InChI is InChI=1S/C28H33N5O5/c29-24(35)22-14-28(8-10-33(22)27(38)21-12-15-3-1-2-4-20(15)32-21)13-19(28)18(11-16-7-9-30-25(16)36)23(34)26(37)31-17-5-6-17/h1-4,12,16-19,22,32H,5-11,13-14H2,(H2,29,35)(H,30,36)(H,31,37)/t16-,18+,19?,22?,28?/m1/s1. The number of likely N-dealkylation sites (tertiary alicyclic amines) is 1. The molecule has 4 fully saturated rings. The fourth-order valence-electron chi connectivity index (χ4n) is 6.69. The first-order valence-corrected chi connectivity index (χ1v) is 13.6. The molecule has 4 aliphatic rings. The number of nitrogens with two attached hydrogens (primary N) is 1. The Bertz CT molecular complexity index is 1300. The highest BCUT2D eigenvalue weighted by Gasteiger charge is 2.62. The van der Waals surface area contributed by atoms with Gasteiger partial charge in [0, 0.05) is 41.9 Å². The van der Waals surface area contributed by atoms with Crippen LogP contribution in [0.3, 0.4) is 0 Å². The van der Waals surface area contributed by atoms with Gasteiger partial charge in [0.25, 0.3) is 11.8 Å². The van der Waals surface area contributed by atoms with Crippen molar-refractivity contribution in [2.24, 2.45) is 28.9 Å². The lowest BCUT2D eigenvalue weighted by Gasteiger charge is -2.39. The number of H-pyrrole nitrogens is 1. The van der Waals surface area contributed by atoms with Crippen LogP contribution in [0.1, 0.15) is 55.4 Å². The molecular weight excluding hydrogens is 486 g/mol. The summed E-state index contributed by atoms with van der Waals surface area (Å²) in [5.74, 6) is -2.99. The van der Waals surface area contributed by atoms with Gasteiger partial charge in [0.15, 0.2) is 0 Å². The molecule has 1 aromatic heterocycles. The highest BCUT2D eigenvalue weighted by Crippen LogP contribution is 2.64. The first-order chi connectivity index (χ1) is 18.3. The number of nitrogens with zero attached hydrogens (tertiary/aromatic N) is 1. The quantitative estimate of drug-likeness (QED) is 0.387. The van der Waals surface area contributed by atoms with E-state index in [1.54, 1.807) is 6.07 Å². The Kier molecular flexibility index (Phi) is 6.00. The van der Waals surface area contributed by atoms with Crippen LogP contribution in [0.25, 0.3) is 10.9 Å². The summed E-state index contributed by atoms with van der Waals surface area (Å²) in [5, 5.41) is 6.53. The highest BCUT2D eigenvalue weighted by atomic mass is 16.2. The van der Waals surface area contributed by atoms with Crippen molar-refractivity contribution in [2.45, 2.75) is 57.0 Å². The maximum absolute atomic E-state index is 13.4. The molecule has 2 aliphatic heterocycles. The van der Waals surface area contributed by atoms with E-state index in [4.69, 9.17) is 5.73 Å². The maximum atomic E-state index is 13.4. The number of amides is 4. The van der Waals surface area contributed by atoms with E-state index in [0.717, 1.165) is 23.7 Å². The van der Waals surface area contributed by atoms with Crippen LogP contribution in [0.2, 0.25) is 0 Å². The number of Topliss-reactive ketones (excluding diaryl/α,β-unsaturated/α-hetero) is 1. The number of primary amides is 1. The first kappa shape index (κ1) is 24.6. The van der Waals surface area contributed by atoms with Crippen molar-refractivity contribution in [3.05, 3.63) is 36.0 Å². The molecule has 2 saturated carbocycles. The van der Waals surface area contributed by atoms with Crippen molar-refractivity contribution in [3.8, 4) is 0 Å². The van der Waals surface area contributed by atoms with E-state index >= 15 is 0 Å². The van der Waals surface area contributed by atoms with Gasteiger partial charge in [-0.25, -0.2) is 0 Å². The molecule has 0 bridgehead atoms. The molecule has 4 amide bonds. The molecule has 200 valence electrons. The number of carbonyl (C=O) groups is 5. The third-order valence-corrected chi connectivity index (χ3v) is 9.09. The molecule has 2 saturated heterocycles. The average Bonchev–Trinajstić information content (AvgIpc) is 3.75. The van der Waals surface area contributed by atoms with Crippen molar-refractivity contribution in [1.29, 1.82) is 0 Å². The zero-order valence-corrected chi connectivity index (χ0v) is 21.2. The Labute approximate surface area is 220 Å². The second-order valence-corrected chi connectivity index (χ2v) is 11.5. The van der Waals surface area contributed by atoms with Crippen molar-refractivity contribution in [1.82, 2.24) is 20.5 Å². The number of para-hydroxylation sites is 1. The lowest BCUT2D eigenvalue weighted by Crippen LogP contribution is -2.53. The third-order valence-electron chi connectivity index (χ3n) is 9.09. The van der Waals surface area contributed by atoms with Crippen LogP contribution in [0.4, 0.5) is 0 Å². The maximum Gasteiger partial charge on any atom is 0.287 e. The van der Waals surface area contributed by atoms with Gasteiger partial charge >= 0.3 is 0 Å². The predicted molar refractivity (Wildman–Crippen MR) is 137 cm³/mol. The van der Waals surface area contributed by atoms with Gasteiger partial charge in [0.1, 0.15) is 11.7 Å². The SMILES string of the molecule is NC(=O)C1CC2(CCN1C(=O)c1cc3ccccc3[nH]1)CC2[C@H](C[C@H]1CCNC1=O)C(=O)C(=O)NC1CC1. The number of rotatable bonds is 8. The zero-order chi connectivity index (χ0) is 26.6. The minimum atomic E-state index is -0.807. The molecular formula is C28H33N5O5. The Morgan fingerprint density at radius 2 is 1.92 bits per heavy atom. The van der Waals surface area contributed by atoms with E-state index in [2.05, 4.69) is 15.6 Å². The lowest BCUT2D eigenvalue weighted by atomic mass is 9.78. The lowest BCUT2D eigenvalue weighted by molar-refractivity contribution is -0.141. The molecule has 5 atom stereocenters. The van der Waals surface area contributed by atoms with Crippen LogP contribution in [0.5, 0.6) is 0 Å². The molecule has 1 aromatic carbocycles. The molecule has 6 rings (SSSR count). The van der Waals surface area contributed by atoms with Crippen LogP contribution in [0, 0.1) is 23.2 Å². The first-order valence-electron chi connectivity index (χ1n) is 13.6. The number of hydrogen-bond donors (Lipinski definition) is 4. The third kappa shape index (κ3) is 4.46. The predicted octanol–water partition coefficient (Wildman–Crippen LogP) is 1.25. The number of nitrogens with one attached hydrogen (secondary N) is 3. The Morgan fingerprint density at radius 1 is 1.13 bits per heavy atom. The Balaban J connectivity index is 1.21. The van der Waals surface area contributed by atoms with E-state index in [9.17, 15) is 24.0 Å². The summed E-state index contributed by atoms with van der Waals surface area (Å²) in [6.45, 7) is 0.903. The van der Waals surface area contributed by atoms with Crippen LogP contribution in [-0.4, -0.2) is 64.5 Å². The molecule has 3 unspecified atom stereocenters. The number of aromatic amines is 1. The van der Waals surface area contributed by atoms with Crippen LogP contribution in [0.15, 0.2) is 30.3 Å². The van der Waals surface area contributed by atoms with Gasteiger partial charge in [-0.3, -0.25) is 24.0 Å². The van der Waals surface area contributed by atoms with E-state index in [-0.39, 0.29) is 35.1 Å². The van der Waals surface area contributed by atoms with Gasteiger partial charge in [-0.15, -0.1) is 0 Å². The van der Waals surface area contributed by atoms with Crippen molar-refractivity contribution in [2.75, 3.05) is 13.1 Å². The van der Waals surface area contributed by atoms with Gasteiger partial charge in [-0.2, -0.15) is 0 Å². The second kappa shape index (κ2) is 9.25. The van der Waals surface area contributed by atoms with Crippen LogP contribution in [-0.2, 0) is 19.2 Å². The highest BCUT2D eigenvalue weighted by molar-refractivity contribution is 6.37. The zero-order valence-electron chi connectivity index (χ0n) is 21.2. The largest absolute Gasteiger partial charge is 0.368 e. The topological polar surface area (TPSA) is 154 Å². The molecule has 1 spiro atoms. The molecule has 38 heavy (non-hydrogen) atoms. The minimum absolute atomic E-state index is 0.0631. The monoisotopic (exact) mass is 519 g/mol. The van der Waals surface area contributed by atoms with Crippen molar-refractivity contribution in [3.63, 3.8) is 0 Å². The summed E-state index contributed by atoms with van der Waals surface area (Å²) in [5.41, 5.74) is 6.69. The summed E-state index contributed by atoms with van der Waals surface area (Å²) in [7, 11) is 0. The molecule has 0 radical (unpaired) electrons. The van der Waals surface area contributed by atoms with Gasteiger partial charge in [0.2, 0.25) is 17.6 Å². The van der Waals surface area contributed by atoms with Gasteiger partial charge in [-0.05, 0) is 68.4 Å². The molecule has 10 heteroatoms.